The number of aromatic nitrogens is 5. The summed E-state index contributed by atoms with van der Waals surface area (Å²) in [4.78, 5) is 35.8. The molecule has 0 bridgehead atoms. The Bertz CT molecular complexity index is 1830. The first-order valence-corrected chi connectivity index (χ1v) is 12.2. The molecule has 3 aromatic heterocycles. The number of H-pyrrole nitrogens is 1. The summed E-state index contributed by atoms with van der Waals surface area (Å²) in [7, 11) is 1.80. The first kappa shape index (κ1) is 28.2. The summed E-state index contributed by atoms with van der Waals surface area (Å²) in [6.45, 7) is -0.0407. The highest BCUT2D eigenvalue weighted by Gasteiger charge is 2.42. The summed E-state index contributed by atoms with van der Waals surface area (Å²) in [6, 6.07) is 8.36. The smallest absolute Gasteiger partial charge is 0.416 e. The molecule has 1 amide bonds. The zero-order chi connectivity index (χ0) is 30.2. The summed E-state index contributed by atoms with van der Waals surface area (Å²) < 4.78 is 71.2. The normalized spacial score (nSPS) is 11.6. The number of fused-ring (bicyclic) bond motifs is 1. The third kappa shape index (κ3) is 5.75. The van der Waals surface area contributed by atoms with E-state index in [-0.39, 0.29) is 18.8 Å². The summed E-state index contributed by atoms with van der Waals surface area (Å²) in [5, 5.41) is 6.56. The van der Waals surface area contributed by atoms with E-state index in [1.165, 1.54) is 0 Å². The fourth-order valence-corrected chi connectivity index (χ4v) is 4.11. The van der Waals surface area contributed by atoms with Crippen molar-refractivity contribution in [3.05, 3.63) is 77.8 Å². The molecule has 3 heterocycles. The first-order chi connectivity index (χ1) is 19.9. The van der Waals surface area contributed by atoms with E-state index < -0.39 is 41.0 Å². The molecule has 5 aromatic rings. The number of anilines is 1. The standard InChI is InChI=1S/C27H20F5N7O3/c1-39-12-15(11-36-39)14-9-17(23(33)35-10-14)24-37-19-5-2-13(8-20(19)38-24)6-7-34-25(40)16-3-4-18(28)21(29)22(16)42-26(41)27(30,31)32/h2-5,8-12H,6-7H2,1H3,(H2,33,35)(H,34,40)(H,37,38). The number of nitrogens with zero attached hydrogens (tertiary/aromatic N) is 4. The van der Waals surface area contributed by atoms with Crippen LogP contribution >= 0.6 is 0 Å². The Balaban J connectivity index is 1.30. The van der Waals surface area contributed by atoms with Crippen LogP contribution in [0.3, 0.4) is 0 Å². The maximum Gasteiger partial charge on any atom is 0.491 e. The van der Waals surface area contributed by atoms with Crippen molar-refractivity contribution in [2.24, 2.45) is 7.05 Å². The second-order valence-electron chi connectivity index (χ2n) is 9.13. The van der Waals surface area contributed by atoms with Crippen LogP contribution in [0.2, 0.25) is 0 Å². The van der Waals surface area contributed by atoms with Crippen LogP contribution in [0.25, 0.3) is 33.5 Å². The zero-order valence-electron chi connectivity index (χ0n) is 21.6. The van der Waals surface area contributed by atoms with Gasteiger partial charge in [-0.05, 0) is 42.3 Å². The Morgan fingerprint density at radius 3 is 2.60 bits per heavy atom. The highest BCUT2D eigenvalue weighted by atomic mass is 19.4. The Morgan fingerprint density at radius 1 is 1.10 bits per heavy atom. The van der Waals surface area contributed by atoms with E-state index >= 15 is 0 Å². The number of rotatable bonds is 7. The lowest BCUT2D eigenvalue weighted by molar-refractivity contribution is -0.189. The minimum atomic E-state index is -5.48. The van der Waals surface area contributed by atoms with Gasteiger partial charge in [0.1, 0.15) is 11.6 Å². The monoisotopic (exact) mass is 585 g/mol. The number of hydrogen-bond acceptors (Lipinski definition) is 7. The maximum atomic E-state index is 14.1. The van der Waals surface area contributed by atoms with Crippen LogP contribution in [0.1, 0.15) is 15.9 Å². The third-order valence-electron chi connectivity index (χ3n) is 6.18. The number of carbonyl (C=O) groups is 2. The lowest BCUT2D eigenvalue weighted by Crippen LogP contribution is -2.31. The van der Waals surface area contributed by atoms with Gasteiger partial charge in [0.05, 0.1) is 28.4 Å². The minimum absolute atomic E-state index is 0.0407. The van der Waals surface area contributed by atoms with Gasteiger partial charge in [-0.1, -0.05) is 6.07 Å². The average molecular weight is 585 g/mol. The van der Waals surface area contributed by atoms with Crippen molar-refractivity contribution in [2.75, 3.05) is 12.3 Å². The van der Waals surface area contributed by atoms with Crippen LogP contribution in [0.5, 0.6) is 5.75 Å². The molecule has 10 nitrogen and oxygen atoms in total. The second kappa shape index (κ2) is 10.9. The average Bonchev–Trinajstić information content (AvgIpc) is 3.57. The number of ether oxygens (including phenoxy) is 1. The zero-order valence-corrected chi connectivity index (χ0v) is 21.6. The Morgan fingerprint density at radius 2 is 1.88 bits per heavy atom. The van der Waals surface area contributed by atoms with E-state index in [4.69, 9.17) is 5.73 Å². The van der Waals surface area contributed by atoms with Crippen LogP contribution in [0, 0.1) is 11.6 Å². The molecule has 5 rings (SSSR count). The fourth-order valence-electron chi connectivity index (χ4n) is 4.11. The van der Waals surface area contributed by atoms with Gasteiger partial charge in [0.15, 0.2) is 11.6 Å². The number of hydrogen-bond donors (Lipinski definition) is 3. The topological polar surface area (TPSA) is 141 Å². The molecule has 42 heavy (non-hydrogen) atoms. The summed E-state index contributed by atoms with van der Waals surface area (Å²) >= 11 is 0. The number of halogens is 5. The molecule has 0 aliphatic carbocycles. The molecule has 4 N–H and O–H groups in total. The van der Waals surface area contributed by atoms with E-state index in [2.05, 4.69) is 30.1 Å². The molecule has 0 aliphatic heterocycles. The molecule has 0 atom stereocenters. The quantitative estimate of drug-likeness (QED) is 0.147. The Kier molecular flexibility index (Phi) is 7.33. The third-order valence-corrected chi connectivity index (χ3v) is 6.18. The molecule has 0 aliphatic rings. The molecule has 0 saturated carbocycles. The predicted octanol–water partition coefficient (Wildman–Crippen LogP) is 4.33. The van der Waals surface area contributed by atoms with E-state index in [0.717, 1.165) is 22.8 Å². The van der Waals surface area contributed by atoms with Crippen molar-refractivity contribution in [3.8, 4) is 28.3 Å². The van der Waals surface area contributed by atoms with Crippen LogP contribution in [0.4, 0.5) is 27.8 Å². The number of nitrogen functional groups attached to an aromatic ring is 1. The SMILES string of the molecule is Cn1cc(-c2cnc(N)c(-c3nc4ccc(CCNC(=O)c5ccc(F)c(F)c5OC(=O)C(F)(F)F)cc4[nH]3)c2)cn1. The van der Waals surface area contributed by atoms with Gasteiger partial charge in [0.2, 0.25) is 5.82 Å². The number of carbonyl (C=O) groups excluding carboxylic acids is 2. The largest absolute Gasteiger partial charge is 0.491 e. The number of nitrogens with two attached hydrogens (primary N) is 1. The molecule has 0 saturated heterocycles. The van der Waals surface area contributed by atoms with Gasteiger partial charge < -0.3 is 20.8 Å². The van der Waals surface area contributed by atoms with Gasteiger partial charge in [0, 0.05) is 37.1 Å². The molecule has 0 fully saturated rings. The van der Waals surface area contributed by atoms with Crippen LogP contribution in [-0.4, -0.2) is 49.3 Å². The number of nitrogens with one attached hydrogen (secondary N) is 2. The van der Waals surface area contributed by atoms with Crippen molar-refractivity contribution in [1.82, 2.24) is 30.0 Å². The first-order valence-electron chi connectivity index (χ1n) is 12.2. The highest BCUT2D eigenvalue weighted by molar-refractivity contribution is 5.98. The highest BCUT2D eigenvalue weighted by Crippen LogP contribution is 2.30. The molecule has 216 valence electrons. The number of amides is 1. The van der Waals surface area contributed by atoms with Gasteiger partial charge >= 0.3 is 12.1 Å². The molecular formula is C27H20F5N7O3. The number of benzene rings is 2. The number of alkyl halides is 3. The molecule has 0 unspecified atom stereocenters. The molecule has 0 spiro atoms. The van der Waals surface area contributed by atoms with Gasteiger partial charge in [-0.25, -0.2) is 19.2 Å². The summed E-state index contributed by atoms with van der Waals surface area (Å²) in [5.74, 6) is -8.07. The summed E-state index contributed by atoms with van der Waals surface area (Å²) in [5.41, 5.74) is 9.58. The van der Waals surface area contributed by atoms with Gasteiger partial charge in [-0.15, -0.1) is 0 Å². The van der Waals surface area contributed by atoms with Crippen molar-refractivity contribution >= 4 is 28.7 Å². The van der Waals surface area contributed by atoms with Crippen molar-refractivity contribution < 1.29 is 36.3 Å². The molecular weight excluding hydrogens is 565 g/mol. The molecule has 0 radical (unpaired) electrons. The number of esters is 1. The Hall–Kier alpha value is -5.34. The summed E-state index contributed by atoms with van der Waals surface area (Å²) in [6.07, 6.45) is -0.0690. The van der Waals surface area contributed by atoms with Gasteiger partial charge in [-0.2, -0.15) is 22.7 Å². The Labute approximate surface area is 233 Å². The van der Waals surface area contributed by atoms with E-state index in [1.807, 2.05) is 12.3 Å². The predicted molar refractivity (Wildman–Crippen MR) is 140 cm³/mol. The fraction of sp³-hybridized carbons (Fsp3) is 0.148. The second-order valence-corrected chi connectivity index (χ2v) is 9.13. The van der Waals surface area contributed by atoms with Crippen LogP contribution in [-0.2, 0) is 18.3 Å². The van der Waals surface area contributed by atoms with E-state index in [0.29, 0.717) is 28.5 Å². The lowest BCUT2D eigenvalue weighted by atomic mass is 10.1. The molecule has 2 aromatic carbocycles. The number of pyridine rings is 1. The van der Waals surface area contributed by atoms with Crippen LogP contribution < -0.4 is 15.8 Å². The van der Waals surface area contributed by atoms with Crippen LogP contribution in [0.15, 0.2) is 55.0 Å². The maximum absolute atomic E-state index is 14.1. The van der Waals surface area contributed by atoms with E-state index in [1.54, 1.807) is 42.3 Å². The number of imidazole rings is 1. The van der Waals surface area contributed by atoms with Crippen molar-refractivity contribution in [1.29, 1.82) is 0 Å². The minimum Gasteiger partial charge on any atom is -0.416 e. The van der Waals surface area contributed by atoms with Gasteiger partial charge in [-0.3, -0.25) is 9.48 Å². The van der Waals surface area contributed by atoms with Crippen molar-refractivity contribution in [3.63, 3.8) is 0 Å². The number of aromatic amines is 1. The number of aryl methyl sites for hydroxylation is 1. The van der Waals surface area contributed by atoms with E-state index in [9.17, 15) is 31.5 Å². The molecule has 15 heteroatoms. The lowest BCUT2D eigenvalue weighted by Gasteiger charge is -2.13. The van der Waals surface area contributed by atoms with Crippen molar-refractivity contribution in [2.45, 2.75) is 12.6 Å². The van der Waals surface area contributed by atoms with Gasteiger partial charge in [0.25, 0.3) is 5.91 Å².